The number of hydrogen-bond donors (Lipinski definition) is 1. The van der Waals surface area contributed by atoms with E-state index in [0.29, 0.717) is 28.1 Å². The molecule has 148 valence electrons. The van der Waals surface area contributed by atoms with E-state index in [-0.39, 0.29) is 11.4 Å². The average Bonchev–Trinajstić information content (AvgIpc) is 3.47. The molecule has 9 heteroatoms. The van der Waals surface area contributed by atoms with Crippen LogP contribution in [0.3, 0.4) is 0 Å². The van der Waals surface area contributed by atoms with Gasteiger partial charge in [0.25, 0.3) is 5.91 Å². The molecule has 3 aromatic rings. The zero-order chi connectivity index (χ0) is 20.7. The van der Waals surface area contributed by atoms with Gasteiger partial charge in [-0.1, -0.05) is 29.8 Å². The molecule has 1 N–H and O–H groups in total. The van der Waals surface area contributed by atoms with E-state index < -0.39 is 5.91 Å². The number of furan rings is 1. The van der Waals surface area contributed by atoms with E-state index in [1.807, 2.05) is 35.7 Å². The monoisotopic (exact) mass is 452 g/mol. The summed E-state index contributed by atoms with van der Waals surface area (Å²) in [6.07, 6.45) is 2.17. The van der Waals surface area contributed by atoms with E-state index in [1.54, 1.807) is 29.5 Å². The summed E-state index contributed by atoms with van der Waals surface area (Å²) < 4.78 is 5.84. The number of thiophene rings is 1. The number of benzene rings is 1. The Labute approximate surface area is 185 Å². The highest BCUT2D eigenvalue weighted by Crippen LogP contribution is 2.32. The number of rotatable bonds is 4. The number of hydrogen-bond acceptors (Lipinski definition) is 6. The van der Waals surface area contributed by atoms with Crippen LogP contribution >= 0.6 is 34.7 Å². The van der Waals surface area contributed by atoms with Gasteiger partial charge in [-0.15, -0.1) is 11.3 Å². The van der Waals surface area contributed by atoms with E-state index in [9.17, 15) is 4.79 Å². The molecule has 0 saturated heterocycles. The van der Waals surface area contributed by atoms with Gasteiger partial charge < -0.3 is 4.42 Å². The van der Waals surface area contributed by atoms with Gasteiger partial charge >= 0.3 is 0 Å². The van der Waals surface area contributed by atoms with Crippen LogP contribution in [0, 0.1) is 5.41 Å². The highest BCUT2D eigenvalue weighted by molar-refractivity contribution is 8.27. The summed E-state index contributed by atoms with van der Waals surface area (Å²) in [5.74, 6) is 0.516. The predicted molar refractivity (Wildman–Crippen MR) is 122 cm³/mol. The van der Waals surface area contributed by atoms with E-state index in [1.165, 1.54) is 22.8 Å². The molecule has 0 saturated carbocycles. The van der Waals surface area contributed by atoms with Crippen molar-refractivity contribution in [3.8, 4) is 11.3 Å². The predicted octanol–water partition coefficient (Wildman–Crippen LogP) is 5.52. The van der Waals surface area contributed by atoms with Gasteiger partial charge in [-0.3, -0.25) is 10.2 Å². The molecule has 0 spiro atoms. The van der Waals surface area contributed by atoms with Gasteiger partial charge in [0.1, 0.15) is 16.6 Å². The third kappa shape index (κ3) is 3.54. The molecule has 0 fully saturated rings. The van der Waals surface area contributed by atoms with Crippen LogP contribution in [0.15, 0.2) is 74.0 Å². The number of amidine groups is 2. The molecule has 1 amide bonds. The second kappa shape index (κ2) is 7.71. The molecule has 0 radical (unpaired) electrons. The number of aliphatic imine (C=N–C) groups is 1. The fourth-order valence-electron chi connectivity index (χ4n) is 3.04. The first kappa shape index (κ1) is 19.0. The zero-order valence-corrected chi connectivity index (χ0v) is 17.7. The number of thioether (sulfide) groups is 1. The third-order valence-electron chi connectivity index (χ3n) is 4.45. The molecule has 6 nitrogen and oxygen atoms in total. The maximum Gasteiger partial charge on any atom is 0.283 e. The molecule has 4 heterocycles. The number of amides is 1. The highest BCUT2D eigenvalue weighted by atomic mass is 35.5. The Balaban J connectivity index is 1.42. The number of halogens is 1. The van der Waals surface area contributed by atoms with Crippen LogP contribution in [0.5, 0.6) is 0 Å². The second-order valence-electron chi connectivity index (χ2n) is 6.45. The topological polar surface area (TPSA) is 82.0 Å². The van der Waals surface area contributed by atoms with Crippen molar-refractivity contribution in [1.29, 1.82) is 5.41 Å². The normalized spacial score (nSPS) is 17.4. The van der Waals surface area contributed by atoms with Gasteiger partial charge in [0.15, 0.2) is 5.84 Å². The second-order valence-corrected chi connectivity index (χ2v) is 8.93. The van der Waals surface area contributed by atoms with Crippen LogP contribution in [-0.2, 0) is 11.2 Å². The van der Waals surface area contributed by atoms with Crippen LogP contribution in [0.4, 0.5) is 0 Å². The maximum atomic E-state index is 12.6. The van der Waals surface area contributed by atoms with Crippen molar-refractivity contribution in [3.05, 3.63) is 75.1 Å². The Morgan fingerprint density at radius 1 is 1.17 bits per heavy atom. The van der Waals surface area contributed by atoms with Crippen molar-refractivity contribution in [2.75, 3.05) is 0 Å². The summed E-state index contributed by atoms with van der Waals surface area (Å²) in [6, 6.07) is 14.9. The van der Waals surface area contributed by atoms with Crippen molar-refractivity contribution in [2.24, 2.45) is 10.1 Å². The molecule has 1 aromatic carbocycles. The Morgan fingerprint density at radius 2 is 2.03 bits per heavy atom. The molecule has 5 rings (SSSR count). The smallest absolute Gasteiger partial charge is 0.283 e. The molecular weight excluding hydrogens is 440 g/mol. The summed E-state index contributed by atoms with van der Waals surface area (Å²) in [7, 11) is 0. The number of carbonyl (C=O) groups excluding carboxylic acids is 1. The molecule has 30 heavy (non-hydrogen) atoms. The number of fused-ring (bicyclic) bond motifs is 1. The van der Waals surface area contributed by atoms with Crippen LogP contribution in [0.2, 0.25) is 5.02 Å². The lowest BCUT2D eigenvalue weighted by Gasteiger charge is -2.19. The highest BCUT2D eigenvalue weighted by Gasteiger charge is 2.35. The number of nitrogens with zero attached hydrogens (tertiary/aromatic N) is 3. The zero-order valence-electron chi connectivity index (χ0n) is 15.3. The Bertz CT molecular complexity index is 1260. The molecule has 0 aliphatic carbocycles. The van der Waals surface area contributed by atoms with E-state index in [2.05, 4.69) is 10.1 Å². The van der Waals surface area contributed by atoms with E-state index in [0.717, 1.165) is 15.5 Å². The van der Waals surface area contributed by atoms with Gasteiger partial charge in [0.2, 0.25) is 5.17 Å². The van der Waals surface area contributed by atoms with Crippen molar-refractivity contribution in [1.82, 2.24) is 5.01 Å². The van der Waals surface area contributed by atoms with Crippen LogP contribution in [0.1, 0.15) is 10.6 Å². The first-order valence-electron chi connectivity index (χ1n) is 8.95. The molecule has 2 aliphatic rings. The lowest BCUT2D eigenvalue weighted by molar-refractivity contribution is -0.114. The summed E-state index contributed by atoms with van der Waals surface area (Å²) in [4.78, 5) is 17.8. The number of hydrazone groups is 1. The SMILES string of the molecule is N=C1/C(=C\c2ccc(-c3ccccc3Cl)o2)C(=O)N=C2SC(Cc3cccs3)=NN12. The minimum Gasteiger partial charge on any atom is -0.457 e. The van der Waals surface area contributed by atoms with Crippen LogP contribution in [-0.4, -0.2) is 27.0 Å². The molecule has 0 bridgehead atoms. The van der Waals surface area contributed by atoms with Crippen LogP contribution < -0.4 is 0 Å². The third-order valence-corrected chi connectivity index (χ3v) is 6.57. The van der Waals surface area contributed by atoms with Gasteiger partial charge in [-0.05, 0) is 53.5 Å². The van der Waals surface area contributed by atoms with Gasteiger partial charge in [0, 0.05) is 16.9 Å². The van der Waals surface area contributed by atoms with Crippen molar-refractivity contribution in [3.63, 3.8) is 0 Å². The molecule has 0 unspecified atom stereocenters. The quantitative estimate of drug-likeness (QED) is 0.528. The largest absolute Gasteiger partial charge is 0.457 e. The van der Waals surface area contributed by atoms with Gasteiger partial charge in [-0.25, -0.2) is 0 Å². The van der Waals surface area contributed by atoms with E-state index in [4.69, 9.17) is 21.4 Å². The standard InChI is InChI=1S/C21H13ClN4O2S2/c22-16-6-2-1-5-14(16)17-8-7-12(28-17)10-15-19(23)26-21(24-20(15)27)30-18(25-26)11-13-4-3-9-29-13/h1-10,23H,11H2/b15-10+,23-19?. The first-order chi connectivity index (χ1) is 14.6. The minimum atomic E-state index is -0.484. The fourth-order valence-corrected chi connectivity index (χ4v) is 4.98. The minimum absolute atomic E-state index is 0.0191. The Kier molecular flexibility index (Phi) is 4.90. The van der Waals surface area contributed by atoms with Gasteiger partial charge in [0.05, 0.1) is 10.6 Å². The first-order valence-corrected chi connectivity index (χ1v) is 11.0. The summed E-state index contributed by atoms with van der Waals surface area (Å²) >= 11 is 9.19. The van der Waals surface area contributed by atoms with Gasteiger partial charge in [-0.2, -0.15) is 15.1 Å². The van der Waals surface area contributed by atoms with Crippen molar-refractivity contribution < 1.29 is 9.21 Å². The maximum absolute atomic E-state index is 12.6. The van der Waals surface area contributed by atoms with Crippen LogP contribution in [0.25, 0.3) is 17.4 Å². The summed E-state index contributed by atoms with van der Waals surface area (Å²) in [5.41, 5.74) is 0.883. The molecule has 0 atom stereocenters. The summed E-state index contributed by atoms with van der Waals surface area (Å²) in [5, 5.41) is 18.1. The number of carbonyl (C=O) groups is 1. The Morgan fingerprint density at radius 3 is 2.83 bits per heavy atom. The lowest BCUT2D eigenvalue weighted by atomic mass is 10.1. The summed E-state index contributed by atoms with van der Waals surface area (Å²) in [6.45, 7) is 0. The number of nitrogens with one attached hydrogen (secondary N) is 1. The van der Waals surface area contributed by atoms with Crippen molar-refractivity contribution >= 4 is 62.7 Å². The average molecular weight is 453 g/mol. The lowest BCUT2D eigenvalue weighted by Crippen LogP contribution is -2.35. The molecule has 2 aliphatic heterocycles. The molecular formula is C21H13ClN4O2S2. The Hall–Kier alpha value is -2.94. The molecule has 2 aromatic heterocycles. The fraction of sp³-hybridized carbons (Fsp3) is 0.0476. The van der Waals surface area contributed by atoms with Crippen molar-refractivity contribution in [2.45, 2.75) is 6.42 Å². The van der Waals surface area contributed by atoms with E-state index >= 15 is 0 Å².